The molecule has 0 aliphatic heterocycles. The van der Waals surface area contributed by atoms with Crippen molar-refractivity contribution in [3.8, 4) is 0 Å². The summed E-state index contributed by atoms with van der Waals surface area (Å²) < 4.78 is 25.5. The SMILES string of the molecule is Cc1ccc(S(C)(=O)=O)cc1C(=O)NCCc1nccn1Cc1ccccc1. The van der Waals surface area contributed by atoms with Crippen LogP contribution in [0.4, 0.5) is 0 Å². The molecule has 3 rings (SSSR count). The van der Waals surface area contributed by atoms with E-state index in [0.717, 1.165) is 24.2 Å². The molecule has 0 fully saturated rings. The van der Waals surface area contributed by atoms with Gasteiger partial charge in [-0.3, -0.25) is 4.79 Å². The molecule has 7 heteroatoms. The summed E-state index contributed by atoms with van der Waals surface area (Å²) in [5, 5.41) is 2.86. The molecule has 146 valence electrons. The highest BCUT2D eigenvalue weighted by Gasteiger charge is 2.14. The van der Waals surface area contributed by atoms with Crippen LogP contribution >= 0.6 is 0 Å². The van der Waals surface area contributed by atoms with Crippen LogP contribution in [0.2, 0.25) is 0 Å². The van der Waals surface area contributed by atoms with Crippen molar-refractivity contribution in [2.45, 2.75) is 24.8 Å². The van der Waals surface area contributed by atoms with E-state index in [9.17, 15) is 13.2 Å². The normalized spacial score (nSPS) is 11.4. The van der Waals surface area contributed by atoms with Crippen LogP contribution in [0.5, 0.6) is 0 Å². The van der Waals surface area contributed by atoms with Crippen LogP contribution in [0.1, 0.15) is 27.3 Å². The van der Waals surface area contributed by atoms with Crippen LogP contribution in [0, 0.1) is 6.92 Å². The van der Waals surface area contributed by atoms with E-state index < -0.39 is 9.84 Å². The van der Waals surface area contributed by atoms with Gasteiger partial charge in [0.25, 0.3) is 5.91 Å². The fourth-order valence-corrected chi connectivity index (χ4v) is 3.60. The highest BCUT2D eigenvalue weighted by molar-refractivity contribution is 7.90. The molecule has 0 radical (unpaired) electrons. The maximum absolute atomic E-state index is 12.5. The van der Waals surface area contributed by atoms with E-state index in [4.69, 9.17) is 0 Å². The number of imidazole rings is 1. The summed E-state index contributed by atoms with van der Waals surface area (Å²) >= 11 is 0. The van der Waals surface area contributed by atoms with Crippen molar-refractivity contribution in [3.63, 3.8) is 0 Å². The molecule has 0 aliphatic carbocycles. The molecule has 0 saturated carbocycles. The number of hydrogen-bond acceptors (Lipinski definition) is 4. The van der Waals surface area contributed by atoms with Gasteiger partial charge in [0, 0.05) is 43.7 Å². The van der Waals surface area contributed by atoms with Crippen molar-refractivity contribution in [1.82, 2.24) is 14.9 Å². The minimum Gasteiger partial charge on any atom is -0.352 e. The third-order valence-corrected chi connectivity index (χ3v) is 5.62. The fourth-order valence-electron chi connectivity index (χ4n) is 2.95. The molecule has 2 aromatic carbocycles. The Bertz CT molecular complexity index is 1070. The van der Waals surface area contributed by atoms with Crippen LogP contribution in [0.15, 0.2) is 65.8 Å². The Morgan fingerprint density at radius 3 is 2.61 bits per heavy atom. The molecule has 1 amide bonds. The van der Waals surface area contributed by atoms with E-state index in [1.54, 1.807) is 19.2 Å². The number of carbonyl (C=O) groups excluding carboxylic acids is 1. The molecule has 3 aromatic rings. The summed E-state index contributed by atoms with van der Waals surface area (Å²) in [4.78, 5) is 17.0. The summed E-state index contributed by atoms with van der Waals surface area (Å²) in [7, 11) is -3.36. The fraction of sp³-hybridized carbons (Fsp3) is 0.238. The van der Waals surface area contributed by atoms with Crippen molar-refractivity contribution in [2.75, 3.05) is 12.8 Å². The average molecular weight is 398 g/mol. The van der Waals surface area contributed by atoms with Crippen molar-refractivity contribution < 1.29 is 13.2 Å². The molecule has 0 atom stereocenters. The molecule has 1 heterocycles. The zero-order valence-electron chi connectivity index (χ0n) is 15.9. The monoisotopic (exact) mass is 397 g/mol. The molecular formula is C21H23N3O3S. The van der Waals surface area contributed by atoms with Crippen LogP contribution in [0.25, 0.3) is 0 Å². The van der Waals surface area contributed by atoms with Gasteiger partial charge in [0.1, 0.15) is 5.82 Å². The van der Waals surface area contributed by atoms with Gasteiger partial charge in [0.2, 0.25) is 0 Å². The van der Waals surface area contributed by atoms with Gasteiger partial charge in [-0.15, -0.1) is 0 Å². The highest BCUT2D eigenvalue weighted by atomic mass is 32.2. The smallest absolute Gasteiger partial charge is 0.251 e. The lowest BCUT2D eigenvalue weighted by Crippen LogP contribution is -2.27. The van der Waals surface area contributed by atoms with Gasteiger partial charge in [-0.05, 0) is 30.2 Å². The Morgan fingerprint density at radius 2 is 1.89 bits per heavy atom. The minimum absolute atomic E-state index is 0.140. The van der Waals surface area contributed by atoms with Crippen LogP contribution in [0.3, 0.4) is 0 Å². The number of carbonyl (C=O) groups is 1. The molecule has 0 bridgehead atoms. The van der Waals surface area contributed by atoms with E-state index in [2.05, 4.69) is 27.0 Å². The summed E-state index contributed by atoms with van der Waals surface area (Å²) in [6, 6.07) is 14.7. The van der Waals surface area contributed by atoms with Crippen molar-refractivity contribution in [2.24, 2.45) is 0 Å². The lowest BCUT2D eigenvalue weighted by molar-refractivity contribution is 0.0953. The zero-order chi connectivity index (χ0) is 20.1. The van der Waals surface area contributed by atoms with Crippen LogP contribution in [-0.4, -0.2) is 36.7 Å². The first-order valence-electron chi connectivity index (χ1n) is 8.97. The van der Waals surface area contributed by atoms with Crippen LogP contribution in [-0.2, 0) is 22.8 Å². The van der Waals surface area contributed by atoms with E-state index in [-0.39, 0.29) is 10.8 Å². The molecule has 6 nitrogen and oxygen atoms in total. The summed E-state index contributed by atoms with van der Waals surface area (Å²) in [5.41, 5.74) is 2.28. The molecule has 1 aromatic heterocycles. The minimum atomic E-state index is -3.36. The topological polar surface area (TPSA) is 81.1 Å². The summed E-state index contributed by atoms with van der Waals surface area (Å²) in [5.74, 6) is 0.593. The Hall–Kier alpha value is -2.93. The van der Waals surface area contributed by atoms with E-state index >= 15 is 0 Å². The largest absolute Gasteiger partial charge is 0.352 e. The van der Waals surface area contributed by atoms with E-state index in [1.165, 1.54) is 17.7 Å². The number of aromatic nitrogens is 2. The first-order chi connectivity index (χ1) is 13.3. The molecule has 0 unspecified atom stereocenters. The second kappa shape index (κ2) is 8.39. The van der Waals surface area contributed by atoms with Gasteiger partial charge in [-0.1, -0.05) is 36.4 Å². The number of rotatable bonds is 7. The quantitative estimate of drug-likeness (QED) is 0.665. The molecule has 0 aliphatic rings. The van der Waals surface area contributed by atoms with Crippen molar-refractivity contribution in [1.29, 1.82) is 0 Å². The van der Waals surface area contributed by atoms with Gasteiger partial charge in [0.15, 0.2) is 9.84 Å². The molecule has 1 N–H and O–H groups in total. The summed E-state index contributed by atoms with van der Waals surface area (Å²) in [6.07, 6.45) is 5.38. The van der Waals surface area contributed by atoms with Gasteiger partial charge in [0.05, 0.1) is 4.90 Å². The second-order valence-corrected chi connectivity index (χ2v) is 8.73. The lowest BCUT2D eigenvalue weighted by Gasteiger charge is -2.11. The molecule has 0 saturated heterocycles. The zero-order valence-corrected chi connectivity index (χ0v) is 16.7. The Morgan fingerprint density at radius 1 is 1.14 bits per heavy atom. The van der Waals surface area contributed by atoms with Gasteiger partial charge < -0.3 is 9.88 Å². The van der Waals surface area contributed by atoms with Crippen molar-refractivity contribution >= 4 is 15.7 Å². The number of benzene rings is 2. The van der Waals surface area contributed by atoms with E-state index in [0.29, 0.717) is 18.5 Å². The third-order valence-electron chi connectivity index (χ3n) is 4.51. The Kier molecular flexibility index (Phi) is 5.94. The number of nitrogens with zero attached hydrogens (tertiary/aromatic N) is 2. The van der Waals surface area contributed by atoms with Gasteiger partial charge in [-0.2, -0.15) is 0 Å². The maximum atomic E-state index is 12.5. The van der Waals surface area contributed by atoms with Gasteiger partial charge >= 0.3 is 0 Å². The van der Waals surface area contributed by atoms with E-state index in [1.807, 2.05) is 24.4 Å². The Balaban J connectivity index is 1.63. The first kappa shape index (κ1) is 19.8. The maximum Gasteiger partial charge on any atom is 0.251 e. The highest BCUT2D eigenvalue weighted by Crippen LogP contribution is 2.15. The average Bonchev–Trinajstić information content (AvgIpc) is 3.09. The predicted octanol–water partition coefficient (Wildman–Crippen LogP) is 2.62. The predicted molar refractivity (Wildman–Crippen MR) is 108 cm³/mol. The number of hydrogen-bond donors (Lipinski definition) is 1. The molecule has 0 spiro atoms. The number of amides is 1. The lowest BCUT2D eigenvalue weighted by atomic mass is 10.1. The van der Waals surface area contributed by atoms with Gasteiger partial charge in [-0.25, -0.2) is 13.4 Å². The number of aryl methyl sites for hydroxylation is 1. The standard InChI is InChI=1S/C21H23N3O3S/c1-16-8-9-18(28(2,26)27)14-19(16)21(25)23-11-10-20-22-12-13-24(20)15-17-6-4-3-5-7-17/h3-9,12-14H,10-11,15H2,1-2H3,(H,23,25). The van der Waals surface area contributed by atoms with Crippen LogP contribution < -0.4 is 5.32 Å². The molecule has 28 heavy (non-hydrogen) atoms. The third kappa shape index (κ3) is 4.86. The molecular weight excluding hydrogens is 374 g/mol. The number of sulfone groups is 1. The first-order valence-corrected chi connectivity index (χ1v) is 10.9. The van der Waals surface area contributed by atoms with Crippen molar-refractivity contribution in [3.05, 3.63) is 83.4 Å². The Labute approximate surface area is 165 Å². The second-order valence-electron chi connectivity index (χ2n) is 6.71. The number of nitrogens with one attached hydrogen (secondary N) is 1. The summed E-state index contributed by atoms with van der Waals surface area (Å²) in [6.45, 7) is 2.92.